The van der Waals surface area contributed by atoms with Crippen LogP contribution in [0.4, 0.5) is 0 Å². The van der Waals surface area contributed by atoms with Gasteiger partial charge in [-0.15, -0.1) is 0 Å². The average Bonchev–Trinajstić information content (AvgIpc) is 2.20. The van der Waals surface area contributed by atoms with Gasteiger partial charge in [0, 0.05) is 15.6 Å². The number of hydrogen-bond donors (Lipinski definition) is 1. The molecule has 1 N–H and O–H groups in total. The lowest BCUT2D eigenvalue weighted by molar-refractivity contribution is 0.131. The molecule has 0 amide bonds. The van der Waals surface area contributed by atoms with Gasteiger partial charge in [-0.05, 0) is 47.9 Å². The maximum absolute atomic E-state index is 9.49. The maximum Gasteiger partial charge on any atom is 0.0467 e. The zero-order valence-electron chi connectivity index (χ0n) is 10.8. The predicted molar refractivity (Wildman–Crippen MR) is 80.3 cm³/mol. The van der Waals surface area contributed by atoms with Crippen molar-refractivity contribution in [3.63, 3.8) is 0 Å². The fourth-order valence-electron chi connectivity index (χ4n) is 1.74. The number of benzene rings is 1. The van der Waals surface area contributed by atoms with E-state index >= 15 is 0 Å². The van der Waals surface area contributed by atoms with E-state index in [4.69, 9.17) is 0 Å². The summed E-state index contributed by atoms with van der Waals surface area (Å²) in [7, 11) is 0. The molecule has 0 aliphatic rings. The molecular formula is C14H20Br2O. The largest absolute Gasteiger partial charge is 0.396 e. The summed E-state index contributed by atoms with van der Waals surface area (Å²) in [4.78, 5) is 0. The third-order valence-corrected chi connectivity index (χ3v) is 4.92. The predicted octanol–water partition coefficient (Wildman–Crippen LogP) is 4.72. The van der Waals surface area contributed by atoms with Crippen LogP contribution in [-0.2, 0) is 6.42 Å². The molecule has 1 nitrogen and oxygen atoms in total. The van der Waals surface area contributed by atoms with Crippen molar-refractivity contribution < 1.29 is 5.11 Å². The quantitative estimate of drug-likeness (QED) is 0.823. The second-order valence-electron chi connectivity index (χ2n) is 5.63. The highest BCUT2D eigenvalue weighted by Crippen LogP contribution is 2.32. The summed E-state index contributed by atoms with van der Waals surface area (Å²) in [6.45, 7) is 8.82. The molecule has 0 heterocycles. The van der Waals surface area contributed by atoms with Crippen molar-refractivity contribution in [1.82, 2.24) is 0 Å². The normalized spacial score (nSPS) is 13.8. The molecule has 1 aromatic rings. The summed E-state index contributed by atoms with van der Waals surface area (Å²) < 4.78 is 2.24. The van der Waals surface area contributed by atoms with Crippen molar-refractivity contribution in [3.8, 4) is 0 Å². The summed E-state index contributed by atoms with van der Waals surface area (Å²) >= 11 is 7.13. The number of aliphatic hydroxyl groups excluding tert-OH is 1. The fourth-order valence-corrected chi connectivity index (χ4v) is 3.03. The summed E-state index contributed by atoms with van der Waals surface area (Å²) in [6, 6.07) is 4.29. The molecule has 96 valence electrons. The smallest absolute Gasteiger partial charge is 0.0467 e. The molecule has 0 spiro atoms. The zero-order valence-corrected chi connectivity index (χ0v) is 14.0. The maximum atomic E-state index is 9.49. The molecule has 1 unspecified atom stereocenters. The highest BCUT2D eigenvalue weighted by atomic mass is 79.9. The van der Waals surface area contributed by atoms with Gasteiger partial charge < -0.3 is 5.11 Å². The lowest BCUT2D eigenvalue weighted by atomic mass is 9.78. The minimum atomic E-state index is 0.124. The number of aliphatic hydroxyl groups is 1. The van der Waals surface area contributed by atoms with Crippen LogP contribution in [0, 0.1) is 18.3 Å². The van der Waals surface area contributed by atoms with Crippen molar-refractivity contribution in [1.29, 1.82) is 0 Å². The molecule has 0 saturated heterocycles. The van der Waals surface area contributed by atoms with Gasteiger partial charge in [-0.3, -0.25) is 0 Å². The molecule has 1 atom stereocenters. The summed E-state index contributed by atoms with van der Waals surface area (Å²) in [5.41, 5.74) is 2.59. The van der Waals surface area contributed by atoms with Gasteiger partial charge in [-0.25, -0.2) is 0 Å². The Balaban J connectivity index is 2.95. The van der Waals surface area contributed by atoms with Gasteiger partial charge in [0.15, 0.2) is 0 Å². The van der Waals surface area contributed by atoms with Crippen LogP contribution in [-0.4, -0.2) is 11.7 Å². The average molecular weight is 364 g/mol. The Labute approximate surface area is 121 Å². The van der Waals surface area contributed by atoms with Gasteiger partial charge in [0.2, 0.25) is 0 Å². The molecule has 0 fully saturated rings. The van der Waals surface area contributed by atoms with Crippen LogP contribution < -0.4 is 0 Å². The van der Waals surface area contributed by atoms with Crippen molar-refractivity contribution in [2.24, 2.45) is 11.3 Å². The number of halogens is 2. The molecule has 0 aromatic heterocycles. The van der Waals surface area contributed by atoms with Crippen LogP contribution in [0.2, 0.25) is 0 Å². The van der Waals surface area contributed by atoms with Crippen LogP contribution in [0.15, 0.2) is 21.1 Å². The minimum absolute atomic E-state index is 0.124. The molecule has 1 rings (SSSR count). The monoisotopic (exact) mass is 362 g/mol. The fraction of sp³-hybridized carbons (Fsp3) is 0.571. The molecular weight excluding hydrogens is 344 g/mol. The van der Waals surface area contributed by atoms with E-state index in [1.165, 1.54) is 11.1 Å². The van der Waals surface area contributed by atoms with Crippen LogP contribution >= 0.6 is 31.9 Å². The Hall–Kier alpha value is 0.140. The topological polar surface area (TPSA) is 20.2 Å². The van der Waals surface area contributed by atoms with Gasteiger partial charge in [0.25, 0.3) is 0 Å². The highest BCUT2D eigenvalue weighted by Gasteiger charge is 2.24. The van der Waals surface area contributed by atoms with E-state index in [-0.39, 0.29) is 17.9 Å². The van der Waals surface area contributed by atoms with E-state index < -0.39 is 0 Å². The summed E-state index contributed by atoms with van der Waals surface area (Å²) in [6.07, 6.45) is 0.900. The molecule has 0 aliphatic carbocycles. The van der Waals surface area contributed by atoms with Crippen molar-refractivity contribution in [3.05, 3.63) is 32.2 Å². The molecule has 1 aromatic carbocycles. The molecule has 0 saturated carbocycles. The van der Waals surface area contributed by atoms with E-state index in [0.29, 0.717) is 0 Å². The Bertz CT molecular complexity index is 371. The summed E-state index contributed by atoms with van der Waals surface area (Å²) in [5, 5.41) is 9.49. The highest BCUT2D eigenvalue weighted by molar-refractivity contribution is 9.11. The third-order valence-electron chi connectivity index (χ3n) is 3.27. The third kappa shape index (κ3) is 4.08. The van der Waals surface area contributed by atoms with Gasteiger partial charge >= 0.3 is 0 Å². The molecule has 17 heavy (non-hydrogen) atoms. The second kappa shape index (κ2) is 5.85. The van der Waals surface area contributed by atoms with E-state index in [1.807, 2.05) is 0 Å². The van der Waals surface area contributed by atoms with Gasteiger partial charge in [0.05, 0.1) is 0 Å². The van der Waals surface area contributed by atoms with Crippen LogP contribution in [0.3, 0.4) is 0 Å². The molecule has 0 radical (unpaired) electrons. The van der Waals surface area contributed by atoms with Gasteiger partial charge in [-0.2, -0.15) is 0 Å². The SMILES string of the molecule is Cc1c(Br)cc(CC(CO)C(C)(C)C)cc1Br. The Kier molecular flexibility index (Phi) is 5.23. The van der Waals surface area contributed by atoms with E-state index in [9.17, 15) is 5.11 Å². The van der Waals surface area contributed by atoms with Crippen molar-refractivity contribution in [2.75, 3.05) is 6.61 Å². The molecule has 0 bridgehead atoms. The van der Waals surface area contributed by atoms with E-state index in [0.717, 1.165) is 15.4 Å². The van der Waals surface area contributed by atoms with Crippen LogP contribution in [0.5, 0.6) is 0 Å². The minimum Gasteiger partial charge on any atom is -0.396 e. The van der Waals surface area contributed by atoms with Gasteiger partial charge in [-0.1, -0.05) is 52.6 Å². The van der Waals surface area contributed by atoms with E-state index in [1.54, 1.807) is 0 Å². The Morgan fingerprint density at radius 2 is 1.65 bits per heavy atom. The Morgan fingerprint density at radius 3 is 2.00 bits per heavy atom. The van der Waals surface area contributed by atoms with Crippen LogP contribution in [0.1, 0.15) is 31.9 Å². The van der Waals surface area contributed by atoms with E-state index in [2.05, 4.69) is 71.7 Å². The standard InChI is InChI=1S/C14H20Br2O/c1-9-12(15)6-10(7-13(9)16)5-11(8-17)14(2,3)4/h6-7,11,17H,5,8H2,1-4H3. The number of rotatable bonds is 3. The summed E-state index contributed by atoms with van der Waals surface area (Å²) in [5.74, 6) is 0.281. The Morgan fingerprint density at radius 1 is 1.18 bits per heavy atom. The first-order valence-corrected chi connectivity index (χ1v) is 7.39. The van der Waals surface area contributed by atoms with Crippen molar-refractivity contribution >= 4 is 31.9 Å². The first-order chi connectivity index (χ1) is 7.75. The van der Waals surface area contributed by atoms with Crippen molar-refractivity contribution in [2.45, 2.75) is 34.1 Å². The lowest BCUT2D eigenvalue weighted by Gasteiger charge is -2.29. The van der Waals surface area contributed by atoms with Crippen LogP contribution in [0.25, 0.3) is 0 Å². The van der Waals surface area contributed by atoms with Gasteiger partial charge in [0.1, 0.15) is 0 Å². The zero-order chi connectivity index (χ0) is 13.2. The molecule has 0 aliphatic heterocycles. The first kappa shape index (κ1) is 15.2. The first-order valence-electron chi connectivity index (χ1n) is 5.81. The number of hydrogen-bond acceptors (Lipinski definition) is 1. The lowest BCUT2D eigenvalue weighted by Crippen LogP contribution is -2.26. The second-order valence-corrected chi connectivity index (χ2v) is 7.34. The molecule has 3 heteroatoms.